The maximum atomic E-state index is 6.66. The summed E-state index contributed by atoms with van der Waals surface area (Å²) in [5, 5.41) is 7.14. The van der Waals surface area contributed by atoms with Gasteiger partial charge in [0, 0.05) is 16.7 Å². The van der Waals surface area contributed by atoms with Gasteiger partial charge in [-0.2, -0.15) is 9.97 Å². The molecule has 230 valence electrons. The van der Waals surface area contributed by atoms with E-state index in [4.69, 9.17) is 16.6 Å². The molecule has 0 saturated carbocycles. The average Bonchev–Trinajstić information content (AvgIpc) is 3.17. The fourth-order valence-corrected chi connectivity index (χ4v) is 7.04. The molecule has 0 aliphatic carbocycles. The third kappa shape index (κ3) is 5.41. The van der Waals surface area contributed by atoms with Crippen molar-refractivity contribution in [3.63, 3.8) is 0 Å². The van der Waals surface area contributed by atoms with Crippen molar-refractivity contribution in [3.05, 3.63) is 175 Å². The number of hydrogen-bond donors (Lipinski definition) is 0. The van der Waals surface area contributed by atoms with E-state index in [1.807, 2.05) is 6.07 Å². The second-order valence-electron chi connectivity index (χ2n) is 12.2. The van der Waals surface area contributed by atoms with Crippen molar-refractivity contribution >= 4 is 43.9 Å². The topological polar surface area (TPSA) is 38.7 Å². The molecule has 0 amide bonds. The van der Waals surface area contributed by atoms with Gasteiger partial charge in [0.05, 0.1) is 0 Å². The summed E-state index contributed by atoms with van der Waals surface area (Å²) >= 11 is 6.66. The molecule has 0 bridgehead atoms. The van der Waals surface area contributed by atoms with Gasteiger partial charge in [-0.1, -0.05) is 146 Å². The molecule has 8 aromatic carbocycles. The lowest BCUT2D eigenvalue weighted by molar-refractivity contribution is 1.07. The summed E-state index contributed by atoms with van der Waals surface area (Å²) in [5.41, 5.74) is 8.63. The fraction of sp³-hybridized carbons (Fsp3) is 0. The Labute approximate surface area is 289 Å². The minimum absolute atomic E-state index is 0.156. The minimum Gasteiger partial charge on any atom is -0.208 e. The van der Waals surface area contributed by atoms with Crippen molar-refractivity contribution in [1.29, 1.82) is 0 Å². The van der Waals surface area contributed by atoms with Crippen LogP contribution in [-0.4, -0.2) is 15.0 Å². The van der Waals surface area contributed by atoms with Crippen molar-refractivity contribution in [2.24, 2.45) is 0 Å². The van der Waals surface area contributed by atoms with E-state index >= 15 is 0 Å². The lowest BCUT2D eigenvalue weighted by Crippen LogP contribution is -1.99. The molecule has 0 fully saturated rings. The molecule has 9 rings (SSSR count). The molecule has 0 spiro atoms. The Morgan fingerprint density at radius 2 is 0.918 bits per heavy atom. The predicted molar refractivity (Wildman–Crippen MR) is 205 cm³/mol. The van der Waals surface area contributed by atoms with Gasteiger partial charge in [-0.15, -0.1) is 0 Å². The van der Waals surface area contributed by atoms with Crippen molar-refractivity contribution in [2.45, 2.75) is 0 Å². The molecule has 0 N–H and O–H groups in total. The molecule has 4 heteroatoms. The third-order valence-electron chi connectivity index (χ3n) is 9.24. The van der Waals surface area contributed by atoms with Gasteiger partial charge in [-0.3, -0.25) is 0 Å². The Hall–Kier alpha value is -6.16. The van der Waals surface area contributed by atoms with Crippen LogP contribution in [-0.2, 0) is 0 Å². The molecule has 9 aromatic rings. The summed E-state index contributed by atoms with van der Waals surface area (Å²) in [4.78, 5) is 14.3. The number of benzene rings is 8. The summed E-state index contributed by atoms with van der Waals surface area (Å²) in [6.45, 7) is 0. The van der Waals surface area contributed by atoms with Gasteiger partial charge in [0.15, 0.2) is 11.6 Å². The van der Waals surface area contributed by atoms with Crippen LogP contribution in [0.4, 0.5) is 0 Å². The Balaban J connectivity index is 1.15. The number of fused-ring (bicyclic) bond motifs is 3. The number of aromatic nitrogens is 3. The zero-order valence-corrected chi connectivity index (χ0v) is 27.1. The SMILES string of the molecule is Clc1nc(-c2ccc3cc(-c4cccc5ccccc45)ccc3c2)nc(-c2ccc3ccccc3c2-c2cccc(-c3ccccc3)c2)n1. The average molecular weight is 646 g/mol. The molecule has 1 aromatic heterocycles. The largest absolute Gasteiger partial charge is 0.226 e. The highest BCUT2D eigenvalue weighted by molar-refractivity contribution is 6.28. The standard InChI is InChI=1S/C45H28ClN3/c46-45-48-43(37-23-21-33-26-35(22-20-34(33)28-37)39-19-9-14-30-12-4-6-17-38(30)39)47-44(49-45)41-25-24-31-13-5-7-18-40(31)42(41)36-16-8-15-32(27-36)29-10-2-1-3-11-29/h1-28H. The summed E-state index contributed by atoms with van der Waals surface area (Å²) < 4.78 is 0. The first-order valence-electron chi connectivity index (χ1n) is 16.3. The van der Waals surface area contributed by atoms with Gasteiger partial charge >= 0.3 is 0 Å². The van der Waals surface area contributed by atoms with E-state index in [9.17, 15) is 0 Å². The highest BCUT2D eigenvalue weighted by Gasteiger charge is 2.18. The van der Waals surface area contributed by atoms with E-state index in [0.29, 0.717) is 11.6 Å². The maximum Gasteiger partial charge on any atom is 0.226 e. The molecule has 0 aliphatic heterocycles. The number of nitrogens with zero attached hydrogens (tertiary/aromatic N) is 3. The summed E-state index contributed by atoms with van der Waals surface area (Å²) in [6.07, 6.45) is 0. The highest BCUT2D eigenvalue weighted by Crippen LogP contribution is 2.39. The lowest BCUT2D eigenvalue weighted by atomic mass is 9.91. The summed E-state index contributed by atoms with van der Waals surface area (Å²) in [6, 6.07) is 59.6. The molecule has 3 nitrogen and oxygen atoms in total. The Kier molecular flexibility index (Phi) is 7.18. The van der Waals surface area contributed by atoms with Crippen molar-refractivity contribution < 1.29 is 0 Å². The molecular formula is C45H28ClN3. The molecular weight excluding hydrogens is 618 g/mol. The van der Waals surface area contributed by atoms with Gasteiger partial charge < -0.3 is 0 Å². The first kappa shape index (κ1) is 29.0. The van der Waals surface area contributed by atoms with Gasteiger partial charge in [0.2, 0.25) is 5.28 Å². The highest BCUT2D eigenvalue weighted by atomic mass is 35.5. The molecule has 0 aliphatic rings. The van der Waals surface area contributed by atoms with Gasteiger partial charge in [-0.05, 0) is 96.0 Å². The van der Waals surface area contributed by atoms with E-state index < -0.39 is 0 Å². The molecule has 0 atom stereocenters. The van der Waals surface area contributed by atoms with E-state index in [1.54, 1.807) is 0 Å². The molecule has 0 unspecified atom stereocenters. The fourth-order valence-electron chi connectivity index (χ4n) is 6.88. The normalized spacial score (nSPS) is 11.4. The van der Waals surface area contributed by atoms with E-state index in [1.165, 1.54) is 21.9 Å². The summed E-state index contributed by atoms with van der Waals surface area (Å²) in [5.74, 6) is 1.07. The predicted octanol–water partition coefficient (Wildman–Crippen LogP) is 12.3. The van der Waals surface area contributed by atoms with Crippen LogP contribution < -0.4 is 0 Å². The van der Waals surface area contributed by atoms with Crippen LogP contribution in [0.5, 0.6) is 0 Å². The second-order valence-corrected chi connectivity index (χ2v) is 12.5. The number of halogens is 1. The number of hydrogen-bond acceptors (Lipinski definition) is 3. The minimum atomic E-state index is 0.156. The summed E-state index contributed by atoms with van der Waals surface area (Å²) in [7, 11) is 0. The second kappa shape index (κ2) is 12.1. The third-order valence-corrected chi connectivity index (χ3v) is 9.40. The first-order valence-corrected chi connectivity index (χ1v) is 16.7. The van der Waals surface area contributed by atoms with E-state index in [0.717, 1.165) is 54.9 Å². The molecule has 0 radical (unpaired) electrons. The quantitative estimate of drug-likeness (QED) is 0.187. The van der Waals surface area contributed by atoms with Gasteiger partial charge in [0.1, 0.15) is 0 Å². The van der Waals surface area contributed by atoms with Crippen LogP contribution in [0.2, 0.25) is 5.28 Å². The Bertz CT molecular complexity index is 2680. The Morgan fingerprint density at radius 1 is 0.327 bits per heavy atom. The zero-order valence-electron chi connectivity index (χ0n) is 26.4. The van der Waals surface area contributed by atoms with Crippen molar-refractivity contribution in [3.8, 4) is 56.2 Å². The van der Waals surface area contributed by atoms with Crippen LogP contribution >= 0.6 is 11.6 Å². The van der Waals surface area contributed by atoms with Crippen molar-refractivity contribution in [1.82, 2.24) is 15.0 Å². The van der Waals surface area contributed by atoms with E-state index in [2.05, 4.69) is 174 Å². The molecule has 49 heavy (non-hydrogen) atoms. The number of rotatable bonds is 5. The van der Waals surface area contributed by atoms with Crippen LogP contribution in [0, 0.1) is 0 Å². The molecule has 1 heterocycles. The van der Waals surface area contributed by atoms with Crippen LogP contribution in [0.15, 0.2) is 170 Å². The van der Waals surface area contributed by atoms with Crippen LogP contribution in [0.3, 0.4) is 0 Å². The maximum absolute atomic E-state index is 6.66. The van der Waals surface area contributed by atoms with E-state index in [-0.39, 0.29) is 5.28 Å². The monoisotopic (exact) mass is 645 g/mol. The van der Waals surface area contributed by atoms with Gasteiger partial charge in [0.25, 0.3) is 0 Å². The Morgan fingerprint density at radius 3 is 1.76 bits per heavy atom. The lowest BCUT2D eigenvalue weighted by Gasteiger charge is -2.15. The van der Waals surface area contributed by atoms with Gasteiger partial charge in [-0.25, -0.2) is 4.98 Å². The zero-order chi connectivity index (χ0) is 32.7. The van der Waals surface area contributed by atoms with Crippen LogP contribution in [0.25, 0.3) is 88.5 Å². The van der Waals surface area contributed by atoms with Crippen molar-refractivity contribution in [2.75, 3.05) is 0 Å². The molecule has 0 saturated heterocycles. The smallest absolute Gasteiger partial charge is 0.208 e. The van der Waals surface area contributed by atoms with Crippen LogP contribution in [0.1, 0.15) is 0 Å². The first-order chi connectivity index (χ1) is 24.2.